The molecule has 0 amide bonds. The van der Waals surface area contributed by atoms with E-state index in [0.717, 1.165) is 5.69 Å². The fourth-order valence-electron chi connectivity index (χ4n) is 2.81. The quantitative estimate of drug-likeness (QED) is 0.514. The molecule has 0 saturated carbocycles. The van der Waals surface area contributed by atoms with Gasteiger partial charge >= 0.3 is 5.97 Å². The van der Waals surface area contributed by atoms with E-state index in [1.165, 1.54) is 0 Å². The molecule has 27 heavy (non-hydrogen) atoms. The number of ketones is 1. The molecule has 0 bridgehead atoms. The molecule has 1 aliphatic rings. The van der Waals surface area contributed by atoms with Crippen LogP contribution in [0.2, 0.25) is 0 Å². The van der Waals surface area contributed by atoms with Crippen molar-refractivity contribution in [1.82, 2.24) is 4.57 Å². The van der Waals surface area contributed by atoms with Gasteiger partial charge in [-0.05, 0) is 48.5 Å². The number of esters is 1. The Morgan fingerprint density at radius 2 is 1.67 bits per heavy atom. The Morgan fingerprint density at radius 1 is 0.889 bits per heavy atom. The lowest BCUT2D eigenvalue weighted by molar-refractivity contribution is 0.0474. The Balaban J connectivity index is 1.42. The largest absolute Gasteiger partial charge is 0.486 e. The smallest absolute Gasteiger partial charge is 0.338 e. The first-order chi connectivity index (χ1) is 13.2. The van der Waals surface area contributed by atoms with Gasteiger partial charge in [0.15, 0.2) is 23.9 Å². The first-order valence-corrected chi connectivity index (χ1v) is 8.54. The fourth-order valence-corrected chi connectivity index (χ4v) is 2.81. The molecule has 1 aliphatic heterocycles. The summed E-state index contributed by atoms with van der Waals surface area (Å²) in [7, 11) is 0. The van der Waals surface area contributed by atoms with Gasteiger partial charge in [-0.25, -0.2) is 4.79 Å². The third-order valence-corrected chi connectivity index (χ3v) is 4.18. The molecule has 0 N–H and O–H groups in total. The molecule has 2 heterocycles. The summed E-state index contributed by atoms with van der Waals surface area (Å²) in [5, 5.41) is 0. The molecule has 136 valence electrons. The minimum Gasteiger partial charge on any atom is -0.486 e. The number of ether oxygens (including phenoxy) is 3. The molecule has 2 aromatic carbocycles. The number of aromatic nitrogens is 1. The van der Waals surface area contributed by atoms with E-state index in [4.69, 9.17) is 14.2 Å². The van der Waals surface area contributed by atoms with E-state index in [2.05, 4.69) is 0 Å². The average molecular weight is 363 g/mol. The second-order valence-corrected chi connectivity index (χ2v) is 6.00. The standard InChI is InChI=1S/C21H17NO5/c23-18(15-6-7-19-20(13-15)26-11-10-25-19)14-27-21(24)16-4-3-5-17(12-16)22-8-1-2-9-22/h1-9,12-13H,10-11,14H2. The van der Waals surface area contributed by atoms with Crippen LogP contribution in [0.15, 0.2) is 67.0 Å². The van der Waals surface area contributed by atoms with Crippen molar-refractivity contribution in [2.75, 3.05) is 19.8 Å². The predicted molar refractivity (Wildman–Crippen MR) is 97.8 cm³/mol. The van der Waals surface area contributed by atoms with Crippen molar-refractivity contribution in [2.24, 2.45) is 0 Å². The number of carbonyl (C=O) groups excluding carboxylic acids is 2. The van der Waals surface area contributed by atoms with Crippen LogP contribution in [-0.2, 0) is 4.74 Å². The third-order valence-electron chi connectivity index (χ3n) is 4.18. The van der Waals surface area contributed by atoms with Crippen LogP contribution in [0.1, 0.15) is 20.7 Å². The van der Waals surface area contributed by atoms with E-state index in [0.29, 0.717) is 35.8 Å². The van der Waals surface area contributed by atoms with Crippen molar-refractivity contribution in [3.8, 4) is 17.2 Å². The molecule has 0 atom stereocenters. The van der Waals surface area contributed by atoms with E-state index >= 15 is 0 Å². The maximum Gasteiger partial charge on any atom is 0.338 e. The number of nitrogens with zero attached hydrogens (tertiary/aromatic N) is 1. The van der Waals surface area contributed by atoms with Crippen LogP contribution in [0.25, 0.3) is 5.69 Å². The SMILES string of the molecule is O=C(COC(=O)c1cccc(-n2cccc2)c1)c1ccc2c(c1)OCCO2. The number of benzene rings is 2. The van der Waals surface area contributed by atoms with Gasteiger partial charge in [-0.1, -0.05) is 6.07 Å². The van der Waals surface area contributed by atoms with Crippen LogP contribution in [0, 0.1) is 0 Å². The molecule has 0 fully saturated rings. The van der Waals surface area contributed by atoms with Crippen molar-refractivity contribution in [3.05, 3.63) is 78.1 Å². The Hall–Kier alpha value is -3.54. The normalized spacial score (nSPS) is 12.4. The molecule has 4 rings (SSSR count). The zero-order valence-corrected chi connectivity index (χ0v) is 14.5. The summed E-state index contributed by atoms with van der Waals surface area (Å²) in [6, 6.07) is 15.8. The number of Topliss-reactive ketones (excluding diaryl/α,β-unsaturated/α-hetero) is 1. The summed E-state index contributed by atoms with van der Waals surface area (Å²) in [5.74, 6) is 0.284. The highest BCUT2D eigenvalue weighted by Gasteiger charge is 2.17. The lowest BCUT2D eigenvalue weighted by Gasteiger charge is -2.18. The van der Waals surface area contributed by atoms with Crippen LogP contribution < -0.4 is 9.47 Å². The lowest BCUT2D eigenvalue weighted by Crippen LogP contribution is -2.17. The van der Waals surface area contributed by atoms with Crippen molar-refractivity contribution in [3.63, 3.8) is 0 Å². The van der Waals surface area contributed by atoms with Gasteiger partial charge in [0.2, 0.25) is 0 Å². The highest BCUT2D eigenvalue weighted by Crippen LogP contribution is 2.30. The van der Waals surface area contributed by atoms with Crippen molar-refractivity contribution in [1.29, 1.82) is 0 Å². The Labute approximate surface area is 155 Å². The first kappa shape index (κ1) is 16.9. The number of rotatable bonds is 5. The van der Waals surface area contributed by atoms with E-state index in [1.54, 1.807) is 36.4 Å². The second kappa shape index (κ2) is 7.37. The third kappa shape index (κ3) is 3.69. The summed E-state index contributed by atoms with van der Waals surface area (Å²) in [6.45, 7) is 0.587. The van der Waals surface area contributed by atoms with Crippen LogP contribution in [0.5, 0.6) is 11.5 Å². The van der Waals surface area contributed by atoms with E-state index in [1.807, 2.05) is 35.2 Å². The van der Waals surface area contributed by atoms with Crippen LogP contribution >= 0.6 is 0 Å². The summed E-state index contributed by atoms with van der Waals surface area (Å²) < 4.78 is 18.0. The Kier molecular flexibility index (Phi) is 4.61. The molecule has 0 spiro atoms. The van der Waals surface area contributed by atoms with Gasteiger partial charge in [-0.3, -0.25) is 4.79 Å². The number of fused-ring (bicyclic) bond motifs is 1. The van der Waals surface area contributed by atoms with E-state index < -0.39 is 5.97 Å². The molecule has 0 unspecified atom stereocenters. The Bertz CT molecular complexity index is 978. The van der Waals surface area contributed by atoms with Gasteiger partial charge in [0.1, 0.15) is 13.2 Å². The van der Waals surface area contributed by atoms with Crippen LogP contribution in [-0.4, -0.2) is 36.1 Å². The predicted octanol–water partition coefficient (Wildman–Crippen LogP) is 3.29. The molecule has 3 aromatic rings. The summed E-state index contributed by atoms with van der Waals surface area (Å²) in [5.41, 5.74) is 1.64. The summed E-state index contributed by atoms with van der Waals surface area (Å²) in [6.07, 6.45) is 3.77. The summed E-state index contributed by atoms with van der Waals surface area (Å²) >= 11 is 0. The second-order valence-electron chi connectivity index (χ2n) is 6.00. The molecule has 6 nitrogen and oxygen atoms in total. The van der Waals surface area contributed by atoms with Gasteiger partial charge in [-0.2, -0.15) is 0 Å². The van der Waals surface area contributed by atoms with Gasteiger partial charge < -0.3 is 18.8 Å². The van der Waals surface area contributed by atoms with Crippen molar-refractivity contribution < 1.29 is 23.8 Å². The van der Waals surface area contributed by atoms with E-state index in [9.17, 15) is 9.59 Å². The number of hydrogen-bond acceptors (Lipinski definition) is 5. The van der Waals surface area contributed by atoms with Crippen LogP contribution in [0.4, 0.5) is 0 Å². The molecular weight excluding hydrogens is 346 g/mol. The molecule has 0 radical (unpaired) electrons. The maximum absolute atomic E-state index is 12.3. The molecule has 6 heteroatoms. The topological polar surface area (TPSA) is 66.8 Å². The monoisotopic (exact) mass is 363 g/mol. The lowest BCUT2D eigenvalue weighted by atomic mass is 10.1. The Morgan fingerprint density at radius 3 is 2.48 bits per heavy atom. The average Bonchev–Trinajstić information content (AvgIpc) is 3.26. The van der Waals surface area contributed by atoms with Crippen molar-refractivity contribution >= 4 is 11.8 Å². The van der Waals surface area contributed by atoms with Gasteiger partial charge in [0.25, 0.3) is 0 Å². The zero-order chi connectivity index (χ0) is 18.6. The van der Waals surface area contributed by atoms with Crippen molar-refractivity contribution in [2.45, 2.75) is 0 Å². The first-order valence-electron chi connectivity index (χ1n) is 8.54. The summed E-state index contributed by atoms with van der Waals surface area (Å²) in [4.78, 5) is 24.6. The molecule has 1 aromatic heterocycles. The molecular formula is C21H17NO5. The number of hydrogen-bond donors (Lipinski definition) is 0. The molecule has 0 aliphatic carbocycles. The number of carbonyl (C=O) groups is 2. The highest BCUT2D eigenvalue weighted by atomic mass is 16.6. The zero-order valence-electron chi connectivity index (χ0n) is 14.5. The van der Waals surface area contributed by atoms with Gasteiger partial charge in [0, 0.05) is 23.6 Å². The van der Waals surface area contributed by atoms with Gasteiger partial charge in [-0.15, -0.1) is 0 Å². The maximum atomic E-state index is 12.3. The molecule has 0 saturated heterocycles. The van der Waals surface area contributed by atoms with E-state index in [-0.39, 0.29) is 12.4 Å². The van der Waals surface area contributed by atoms with Gasteiger partial charge in [0.05, 0.1) is 5.56 Å². The minimum atomic E-state index is -0.546. The highest BCUT2D eigenvalue weighted by molar-refractivity contribution is 5.99. The fraction of sp³-hybridized carbons (Fsp3) is 0.143. The minimum absolute atomic E-state index is 0.304. The van der Waals surface area contributed by atoms with Crippen LogP contribution in [0.3, 0.4) is 0 Å².